The Morgan fingerprint density at radius 1 is 1.42 bits per heavy atom. The standard InChI is InChI=1S/C17H15N3O3S/c1-8(2)23-12-4-10-6-13(19-15(10)11(5-12)7-18)16-20-14(17(21)22)9(3)24-16/h4-6,8,19H,1-3H3,(H,21,22). The van der Waals surface area contributed by atoms with Gasteiger partial charge in [0.25, 0.3) is 0 Å². The summed E-state index contributed by atoms with van der Waals surface area (Å²) in [5.74, 6) is -0.419. The van der Waals surface area contributed by atoms with Crippen LogP contribution in [0.3, 0.4) is 0 Å². The Labute approximate surface area is 142 Å². The van der Waals surface area contributed by atoms with Gasteiger partial charge in [-0.1, -0.05) is 0 Å². The molecule has 7 heteroatoms. The van der Waals surface area contributed by atoms with Crippen LogP contribution in [-0.4, -0.2) is 27.1 Å². The van der Waals surface area contributed by atoms with Crippen LogP contribution in [-0.2, 0) is 0 Å². The highest BCUT2D eigenvalue weighted by Crippen LogP contribution is 2.33. The number of hydrogen-bond donors (Lipinski definition) is 2. The lowest BCUT2D eigenvalue weighted by molar-refractivity contribution is 0.0690. The molecule has 2 N–H and O–H groups in total. The number of benzene rings is 1. The summed E-state index contributed by atoms with van der Waals surface area (Å²) in [5, 5.41) is 19.9. The second-order valence-electron chi connectivity index (χ2n) is 5.63. The molecule has 3 aromatic rings. The molecule has 0 fully saturated rings. The molecule has 0 bridgehead atoms. The highest BCUT2D eigenvalue weighted by atomic mass is 32.1. The highest BCUT2D eigenvalue weighted by Gasteiger charge is 2.17. The van der Waals surface area contributed by atoms with E-state index in [9.17, 15) is 10.1 Å². The quantitative estimate of drug-likeness (QED) is 0.748. The summed E-state index contributed by atoms with van der Waals surface area (Å²) in [6.07, 6.45) is 0.00661. The lowest BCUT2D eigenvalue weighted by Crippen LogP contribution is -2.05. The Hall–Kier alpha value is -2.85. The number of fused-ring (bicyclic) bond motifs is 1. The zero-order valence-electron chi connectivity index (χ0n) is 13.4. The van der Waals surface area contributed by atoms with Gasteiger partial charge >= 0.3 is 5.97 Å². The van der Waals surface area contributed by atoms with Crippen LogP contribution in [0.2, 0.25) is 0 Å². The molecule has 1 aromatic carbocycles. The molecule has 0 unspecified atom stereocenters. The molecule has 0 saturated carbocycles. The fraction of sp³-hybridized carbons (Fsp3) is 0.235. The number of aryl methyl sites for hydroxylation is 1. The number of carboxylic acid groups (broad SMARTS) is 1. The number of thiazole rings is 1. The first kappa shape index (κ1) is 16.0. The number of nitriles is 1. The van der Waals surface area contributed by atoms with Gasteiger partial charge in [0.05, 0.1) is 22.9 Å². The first-order valence-corrected chi connectivity index (χ1v) is 8.15. The second-order valence-corrected chi connectivity index (χ2v) is 6.83. The molecule has 122 valence electrons. The van der Waals surface area contributed by atoms with Crippen LogP contribution in [0.4, 0.5) is 0 Å². The minimum Gasteiger partial charge on any atom is -0.491 e. The van der Waals surface area contributed by atoms with Crippen LogP contribution in [0.5, 0.6) is 5.75 Å². The number of nitrogens with one attached hydrogen (secondary N) is 1. The smallest absolute Gasteiger partial charge is 0.355 e. The van der Waals surface area contributed by atoms with Crippen LogP contribution < -0.4 is 4.74 Å². The summed E-state index contributed by atoms with van der Waals surface area (Å²) < 4.78 is 5.68. The summed E-state index contributed by atoms with van der Waals surface area (Å²) in [5.41, 5.74) is 1.90. The lowest BCUT2D eigenvalue weighted by Gasteiger charge is -2.09. The normalized spacial score (nSPS) is 11.0. The average molecular weight is 341 g/mol. The largest absolute Gasteiger partial charge is 0.491 e. The van der Waals surface area contributed by atoms with Crippen LogP contribution >= 0.6 is 11.3 Å². The van der Waals surface area contributed by atoms with E-state index in [1.165, 1.54) is 11.3 Å². The number of nitrogens with zero attached hydrogens (tertiary/aromatic N) is 2. The van der Waals surface area contributed by atoms with Gasteiger partial charge in [0, 0.05) is 16.3 Å². The van der Waals surface area contributed by atoms with Crippen molar-refractivity contribution in [1.82, 2.24) is 9.97 Å². The number of carboxylic acids is 1. The van der Waals surface area contributed by atoms with Crippen molar-refractivity contribution in [3.8, 4) is 22.5 Å². The molecular formula is C17H15N3O3S. The molecule has 3 rings (SSSR count). The van der Waals surface area contributed by atoms with Gasteiger partial charge < -0.3 is 14.8 Å². The van der Waals surface area contributed by atoms with E-state index >= 15 is 0 Å². The lowest BCUT2D eigenvalue weighted by atomic mass is 10.1. The molecule has 24 heavy (non-hydrogen) atoms. The zero-order valence-corrected chi connectivity index (χ0v) is 14.2. The molecule has 0 atom stereocenters. The van der Waals surface area contributed by atoms with Crippen LogP contribution in [0, 0.1) is 18.3 Å². The second kappa shape index (κ2) is 5.98. The Morgan fingerprint density at radius 2 is 2.17 bits per heavy atom. The van der Waals surface area contributed by atoms with Crippen LogP contribution in [0.1, 0.15) is 34.8 Å². The number of aromatic amines is 1. The molecule has 0 aliphatic carbocycles. The van der Waals surface area contributed by atoms with Crippen molar-refractivity contribution in [3.63, 3.8) is 0 Å². The highest BCUT2D eigenvalue weighted by molar-refractivity contribution is 7.15. The first-order valence-electron chi connectivity index (χ1n) is 7.33. The minimum absolute atomic E-state index is 0.00661. The van der Waals surface area contributed by atoms with E-state index < -0.39 is 5.97 Å². The summed E-state index contributed by atoms with van der Waals surface area (Å²) in [6, 6.07) is 7.56. The van der Waals surface area contributed by atoms with Gasteiger partial charge in [0.15, 0.2) is 5.69 Å². The Bertz CT molecular complexity index is 979. The van der Waals surface area contributed by atoms with Gasteiger partial charge in [-0.15, -0.1) is 11.3 Å². The van der Waals surface area contributed by atoms with E-state index in [1.807, 2.05) is 26.0 Å². The third-order valence-electron chi connectivity index (χ3n) is 3.42. The molecular weight excluding hydrogens is 326 g/mol. The Morgan fingerprint density at radius 3 is 2.75 bits per heavy atom. The SMILES string of the molecule is Cc1sc(-c2cc3cc(OC(C)C)cc(C#N)c3[nH]2)nc1C(=O)O. The van der Waals surface area contributed by atoms with Gasteiger partial charge in [0.1, 0.15) is 16.8 Å². The third-order valence-corrected chi connectivity index (χ3v) is 4.43. The first-order chi connectivity index (χ1) is 11.4. The average Bonchev–Trinajstić information content (AvgIpc) is 3.08. The monoisotopic (exact) mass is 341 g/mol. The van der Waals surface area contributed by atoms with E-state index in [1.54, 1.807) is 13.0 Å². The van der Waals surface area contributed by atoms with Crippen LogP contribution in [0.15, 0.2) is 18.2 Å². The van der Waals surface area contributed by atoms with E-state index in [0.29, 0.717) is 32.4 Å². The maximum absolute atomic E-state index is 11.2. The number of rotatable bonds is 4. The predicted molar refractivity (Wildman–Crippen MR) is 91.6 cm³/mol. The Kier molecular flexibility index (Phi) is 3.99. The van der Waals surface area contributed by atoms with E-state index in [2.05, 4.69) is 16.0 Å². The number of ether oxygens (including phenoxy) is 1. The molecule has 0 aliphatic heterocycles. The van der Waals surface area contributed by atoms with Crippen molar-refractivity contribution in [3.05, 3.63) is 34.3 Å². The summed E-state index contributed by atoms with van der Waals surface area (Å²) in [4.78, 5) is 19.1. The molecule has 0 saturated heterocycles. The number of aromatic carboxylic acids is 1. The van der Waals surface area contributed by atoms with Crippen molar-refractivity contribution < 1.29 is 14.6 Å². The molecule has 0 aliphatic rings. The van der Waals surface area contributed by atoms with Crippen molar-refractivity contribution in [2.45, 2.75) is 26.9 Å². The molecule has 2 aromatic heterocycles. The van der Waals surface area contributed by atoms with Gasteiger partial charge in [-0.2, -0.15) is 5.26 Å². The third kappa shape index (κ3) is 2.84. The topological polar surface area (TPSA) is 99.0 Å². The van der Waals surface area contributed by atoms with Crippen LogP contribution in [0.25, 0.3) is 21.6 Å². The van der Waals surface area contributed by atoms with Crippen molar-refractivity contribution >= 4 is 28.2 Å². The fourth-order valence-corrected chi connectivity index (χ4v) is 3.35. The predicted octanol–water partition coefficient (Wildman–Crippen LogP) is 3.96. The van der Waals surface area contributed by atoms with E-state index in [-0.39, 0.29) is 11.8 Å². The molecule has 6 nitrogen and oxygen atoms in total. The van der Waals surface area contributed by atoms with E-state index in [4.69, 9.17) is 9.84 Å². The van der Waals surface area contributed by atoms with Gasteiger partial charge in [-0.25, -0.2) is 9.78 Å². The fourth-order valence-electron chi connectivity index (χ4n) is 2.47. The maximum atomic E-state index is 11.2. The van der Waals surface area contributed by atoms with Gasteiger partial charge in [0.2, 0.25) is 0 Å². The van der Waals surface area contributed by atoms with Gasteiger partial charge in [-0.05, 0) is 32.9 Å². The minimum atomic E-state index is -1.04. The molecule has 0 spiro atoms. The molecule has 0 radical (unpaired) electrons. The molecule has 0 amide bonds. The van der Waals surface area contributed by atoms with Crippen molar-refractivity contribution in [2.75, 3.05) is 0 Å². The Balaban J connectivity index is 2.13. The zero-order chi connectivity index (χ0) is 17.4. The summed E-state index contributed by atoms with van der Waals surface area (Å²) in [7, 11) is 0. The summed E-state index contributed by atoms with van der Waals surface area (Å²) >= 11 is 1.30. The van der Waals surface area contributed by atoms with E-state index in [0.717, 1.165) is 5.39 Å². The molecule has 2 heterocycles. The van der Waals surface area contributed by atoms with Crippen molar-refractivity contribution in [2.24, 2.45) is 0 Å². The number of aromatic nitrogens is 2. The summed E-state index contributed by atoms with van der Waals surface area (Å²) in [6.45, 7) is 5.57. The number of carbonyl (C=O) groups is 1. The maximum Gasteiger partial charge on any atom is 0.355 e. The number of hydrogen-bond acceptors (Lipinski definition) is 5. The van der Waals surface area contributed by atoms with Gasteiger partial charge in [-0.3, -0.25) is 0 Å². The number of H-pyrrole nitrogens is 1. The van der Waals surface area contributed by atoms with Crippen molar-refractivity contribution in [1.29, 1.82) is 5.26 Å².